The third-order valence-corrected chi connectivity index (χ3v) is 6.25. The van der Waals surface area contributed by atoms with Crippen molar-refractivity contribution in [2.45, 2.75) is 18.1 Å². The lowest BCUT2D eigenvalue weighted by Crippen LogP contribution is -2.15. The Hall–Kier alpha value is -2.87. The summed E-state index contributed by atoms with van der Waals surface area (Å²) in [5.41, 5.74) is 1.61. The summed E-state index contributed by atoms with van der Waals surface area (Å²) in [5, 5.41) is 15.1. The number of rotatable bonds is 9. The van der Waals surface area contributed by atoms with Gasteiger partial charge in [0.1, 0.15) is 0 Å². The van der Waals surface area contributed by atoms with Crippen LogP contribution in [0.25, 0.3) is 22.2 Å². The first-order valence-electron chi connectivity index (χ1n) is 10.2. The lowest BCUT2D eigenvalue weighted by atomic mass is 10.1. The third-order valence-electron chi connectivity index (χ3n) is 4.96. The predicted octanol–water partition coefficient (Wildman–Crippen LogP) is 5.52. The van der Waals surface area contributed by atoms with Crippen molar-refractivity contribution in [3.05, 3.63) is 71.8 Å². The molecular formula is C24H23ClN4O2S. The Kier molecular flexibility index (Phi) is 7.42. The quantitative estimate of drug-likeness (QED) is 0.260. The van der Waals surface area contributed by atoms with Crippen molar-refractivity contribution >= 4 is 45.7 Å². The summed E-state index contributed by atoms with van der Waals surface area (Å²) in [6.45, 7) is 1.28. The molecule has 3 aromatic carbocycles. The van der Waals surface area contributed by atoms with Crippen LogP contribution in [0.2, 0.25) is 5.02 Å². The van der Waals surface area contributed by atoms with E-state index in [1.54, 1.807) is 7.11 Å². The van der Waals surface area contributed by atoms with Crippen LogP contribution in [0.1, 0.15) is 6.42 Å². The molecule has 0 saturated heterocycles. The van der Waals surface area contributed by atoms with Crippen LogP contribution in [-0.4, -0.2) is 40.1 Å². The van der Waals surface area contributed by atoms with Gasteiger partial charge in [0.25, 0.3) is 0 Å². The largest absolute Gasteiger partial charge is 0.385 e. The molecule has 164 valence electrons. The van der Waals surface area contributed by atoms with E-state index >= 15 is 0 Å². The summed E-state index contributed by atoms with van der Waals surface area (Å²) in [6, 6.07) is 21.4. The number of carbonyl (C=O) groups excluding carboxylic acids is 1. The smallest absolute Gasteiger partial charge is 0.234 e. The lowest BCUT2D eigenvalue weighted by Gasteiger charge is -2.11. The molecular weight excluding hydrogens is 444 g/mol. The molecule has 8 heteroatoms. The molecule has 0 unspecified atom stereocenters. The molecule has 0 spiro atoms. The van der Waals surface area contributed by atoms with Crippen LogP contribution in [0.3, 0.4) is 0 Å². The Morgan fingerprint density at radius 2 is 1.84 bits per heavy atom. The van der Waals surface area contributed by atoms with E-state index in [1.807, 2.05) is 71.3 Å². The maximum absolute atomic E-state index is 12.7. The molecule has 0 radical (unpaired) electrons. The SMILES string of the molecule is COCCCn1c(SCC(=O)Nc2cccc3ccccc23)nnc1-c1ccccc1Cl. The maximum Gasteiger partial charge on any atom is 0.234 e. The average Bonchev–Trinajstić information content (AvgIpc) is 3.21. The van der Waals surface area contributed by atoms with E-state index in [4.69, 9.17) is 16.3 Å². The minimum absolute atomic E-state index is 0.0999. The summed E-state index contributed by atoms with van der Waals surface area (Å²) in [4.78, 5) is 12.7. The van der Waals surface area contributed by atoms with E-state index in [0.717, 1.165) is 28.4 Å². The van der Waals surface area contributed by atoms with Gasteiger partial charge in [0.15, 0.2) is 11.0 Å². The van der Waals surface area contributed by atoms with Crippen molar-refractivity contribution in [1.82, 2.24) is 14.8 Å². The zero-order valence-electron chi connectivity index (χ0n) is 17.6. The summed E-state index contributed by atoms with van der Waals surface area (Å²) in [6.07, 6.45) is 0.793. The van der Waals surface area contributed by atoms with E-state index in [0.29, 0.717) is 29.2 Å². The second-order valence-electron chi connectivity index (χ2n) is 7.15. The number of methoxy groups -OCH3 is 1. The number of hydrogen-bond donors (Lipinski definition) is 1. The molecule has 0 aliphatic carbocycles. The number of anilines is 1. The Bertz CT molecular complexity index is 1220. The first kappa shape index (κ1) is 22.3. The van der Waals surface area contributed by atoms with E-state index in [1.165, 1.54) is 11.8 Å². The summed E-state index contributed by atoms with van der Waals surface area (Å²) >= 11 is 7.74. The van der Waals surface area contributed by atoms with Gasteiger partial charge in [-0.15, -0.1) is 10.2 Å². The van der Waals surface area contributed by atoms with Gasteiger partial charge in [-0.1, -0.05) is 71.9 Å². The monoisotopic (exact) mass is 466 g/mol. The Labute approximate surface area is 195 Å². The van der Waals surface area contributed by atoms with Gasteiger partial charge in [-0.05, 0) is 30.0 Å². The van der Waals surface area contributed by atoms with Crippen LogP contribution < -0.4 is 5.32 Å². The minimum atomic E-state index is -0.0999. The normalized spacial score (nSPS) is 11.1. The molecule has 6 nitrogen and oxygen atoms in total. The first-order valence-corrected chi connectivity index (χ1v) is 11.6. The molecule has 0 aliphatic rings. The topological polar surface area (TPSA) is 69.0 Å². The Balaban J connectivity index is 1.51. The highest BCUT2D eigenvalue weighted by Crippen LogP contribution is 2.30. The molecule has 1 amide bonds. The molecule has 0 aliphatic heterocycles. The zero-order chi connectivity index (χ0) is 22.3. The second kappa shape index (κ2) is 10.6. The summed E-state index contributed by atoms with van der Waals surface area (Å²) in [5.74, 6) is 0.800. The van der Waals surface area contributed by atoms with Crippen LogP contribution in [0, 0.1) is 0 Å². The van der Waals surface area contributed by atoms with Crippen LogP contribution >= 0.6 is 23.4 Å². The molecule has 32 heavy (non-hydrogen) atoms. The van der Waals surface area contributed by atoms with Gasteiger partial charge in [0.2, 0.25) is 5.91 Å². The molecule has 1 N–H and O–H groups in total. The van der Waals surface area contributed by atoms with Crippen LogP contribution in [0.4, 0.5) is 5.69 Å². The van der Waals surface area contributed by atoms with Crippen molar-refractivity contribution in [1.29, 1.82) is 0 Å². The molecule has 0 bridgehead atoms. The van der Waals surface area contributed by atoms with E-state index in [9.17, 15) is 4.79 Å². The molecule has 1 aromatic heterocycles. The molecule has 4 aromatic rings. The fourth-order valence-electron chi connectivity index (χ4n) is 3.46. The Morgan fingerprint density at radius 3 is 2.69 bits per heavy atom. The van der Waals surface area contributed by atoms with Gasteiger partial charge < -0.3 is 14.6 Å². The van der Waals surface area contributed by atoms with Crippen molar-refractivity contribution in [2.75, 3.05) is 24.8 Å². The number of fused-ring (bicyclic) bond motifs is 1. The van der Waals surface area contributed by atoms with Gasteiger partial charge in [0, 0.05) is 36.9 Å². The van der Waals surface area contributed by atoms with Gasteiger partial charge in [-0.25, -0.2) is 0 Å². The van der Waals surface area contributed by atoms with Gasteiger partial charge in [0.05, 0.1) is 10.8 Å². The molecule has 0 atom stereocenters. The zero-order valence-corrected chi connectivity index (χ0v) is 19.2. The highest BCUT2D eigenvalue weighted by Gasteiger charge is 2.17. The molecule has 0 saturated carbocycles. The molecule has 0 fully saturated rings. The fraction of sp³-hybridized carbons (Fsp3) is 0.208. The number of benzene rings is 3. The summed E-state index contributed by atoms with van der Waals surface area (Å²) in [7, 11) is 1.68. The van der Waals surface area contributed by atoms with Gasteiger partial charge in [-0.3, -0.25) is 4.79 Å². The van der Waals surface area contributed by atoms with Gasteiger partial charge in [-0.2, -0.15) is 0 Å². The minimum Gasteiger partial charge on any atom is -0.385 e. The van der Waals surface area contributed by atoms with Gasteiger partial charge >= 0.3 is 0 Å². The predicted molar refractivity (Wildman–Crippen MR) is 130 cm³/mol. The molecule has 4 rings (SSSR count). The third kappa shape index (κ3) is 5.12. The standard InChI is InChI=1S/C24H23ClN4O2S/c1-31-15-7-14-29-23(19-11-4-5-12-20(19)25)27-28-24(29)32-16-22(30)26-21-13-6-9-17-8-2-3-10-18(17)21/h2-6,8-13H,7,14-16H2,1H3,(H,26,30). The number of thioether (sulfide) groups is 1. The number of nitrogens with one attached hydrogen (secondary N) is 1. The fourth-order valence-corrected chi connectivity index (χ4v) is 4.44. The number of hydrogen-bond acceptors (Lipinski definition) is 5. The first-order chi connectivity index (χ1) is 15.7. The number of amides is 1. The van der Waals surface area contributed by atoms with Crippen molar-refractivity contribution in [3.63, 3.8) is 0 Å². The van der Waals surface area contributed by atoms with Crippen LogP contribution in [0.15, 0.2) is 71.9 Å². The maximum atomic E-state index is 12.7. The highest BCUT2D eigenvalue weighted by atomic mass is 35.5. The Morgan fingerprint density at radius 1 is 1.06 bits per heavy atom. The van der Waals surface area contributed by atoms with E-state index in [2.05, 4.69) is 15.5 Å². The number of aromatic nitrogens is 3. The van der Waals surface area contributed by atoms with Crippen molar-refractivity contribution < 1.29 is 9.53 Å². The number of halogens is 1. The lowest BCUT2D eigenvalue weighted by molar-refractivity contribution is -0.113. The van der Waals surface area contributed by atoms with Crippen molar-refractivity contribution in [3.8, 4) is 11.4 Å². The number of carbonyl (C=O) groups is 1. The van der Waals surface area contributed by atoms with Crippen molar-refractivity contribution in [2.24, 2.45) is 0 Å². The van der Waals surface area contributed by atoms with E-state index < -0.39 is 0 Å². The number of ether oxygens (including phenoxy) is 1. The second-order valence-corrected chi connectivity index (χ2v) is 8.50. The number of nitrogens with zero attached hydrogens (tertiary/aromatic N) is 3. The molecule has 1 heterocycles. The van der Waals surface area contributed by atoms with E-state index in [-0.39, 0.29) is 11.7 Å². The highest BCUT2D eigenvalue weighted by molar-refractivity contribution is 7.99. The summed E-state index contributed by atoms with van der Waals surface area (Å²) < 4.78 is 7.19. The van der Waals surface area contributed by atoms with Crippen LogP contribution in [0.5, 0.6) is 0 Å². The van der Waals surface area contributed by atoms with Crippen LogP contribution in [-0.2, 0) is 16.1 Å². The average molecular weight is 467 g/mol.